The Kier molecular flexibility index (Phi) is 5.30. The summed E-state index contributed by atoms with van der Waals surface area (Å²) in [6.45, 7) is 0.413. The van der Waals surface area contributed by atoms with Crippen LogP contribution < -0.4 is 5.73 Å². The highest BCUT2D eigenvalue weighted by molar-refractivity contribution is 4.90. The standard InChI is InChI=1S/C15H29NO/c16-13-17-15(11-7-3-4-8-12-15)14-9-5-1-2-6-10-14/h14H,1-13,16H2. The van der Waals surface area contributed by atoms with Gasteiger partial charge < -0.3 is 10.5 Å². The van der Waals surface area contributed by atoms with Crippen molar-refractivity contribution in [2.45, 2.75) is 82.7 Å². The Morgan fingerprint density at radius 2 is 1.35 bits per heavy atom. The summed E-state index contributed by atoms with van der Waals surface area (Å²) in [6, 6.07) is 0. The maximum Gasteiger partial charge on any atom is 0.0948 e. The highest BCUT2D eigenvalue weighted by Crippen LogP contribution is 2.42. The van der Waals surface area contributed by atoms with Crippen LogP contribution in [0.2, 0.25) is 0 Å². The summed E-state index contributed by atoms with van der Waals surface area (Å²) in [5, 5.41) is 0. The fraction of sp³-hybridized carbons (Fsp3) is 1.00. The second kappa shape index (κ2) is 6.75. The molecule has 2 N–H and O–H groups in total. The fourth-order valence-electron chi connectivity index (χ4n) is 3.97. The van der Waals surface area contributed by atoms with Gasteiger partial charge in [-0.2, -0.15) is 0 Å². The zero-order valence-corrected chi connectivity index (χ0v) is 11.3. The van der Waals surface area contributed by atoms with E-state index in [1.165, 1.54) is 77.0 Å². The van der Waals surface area contributed by atoms with Crippen molar-refractivity contribution < 1.29 is 4.74 Å². The van der Waals surface area contributed by atoms with E-state index in [4.69, 9.17) is 10.5 Å². The van der Waals surface area contributed by atoms with Gasteiger partial charge in [0.2, 0.25) is 0 Å². The van der Waals surface area contributed by atoms with Crippen molar-refractivity contribution in [2.24, 2.45) is 11.7 Å². The van der Waals surface area contributed by atoms with Gasteiger partial charge in [0, 0.05) is 0 Å². The highest BCUT2D eigenvalue weighted by atomic mass is 16.5. The second-order valence-electron chi connectivity index (χ2n) is 5.98. The molecule has 0 unspecified atom stereocenters. The normalized spacial score (nSPS) is 27.4. The average molecular weight is 239 g/mol. The molecule has 0 aliphatic heterocycles. The predicted octanol–water partition coefficient (Wildman–Crippen LogP) is 3.98. The van der Waals surface area contributed by atoms with Gasteiger partial charge in [-0.05, 0) is 31.6 Å². The van der Waals surface area contributed by atoms with Gasteiger partial charge in [-0.1, -0.05) is 51.4 Å². The van der Waals surface area contributed by atoms with Crippen LogP contribution in [-0.4, -0.2) is 12.3 Å². The molecule has 17 heavy (non-hydrogen) atoms. The van der Waals surface area contributed by atoms with E-state index in [1.807, 2.05) is 0 Å². The summed E-state index contributed by atoms with van der Waals surface area (Å²) in [4.78, 5) is 0. The zero-order chi connectivity index (χ0) is 12.0. The van der Waals surface area contributed by atoms with Crippen LogP contribution in [0, 0.1) is 5.92 Å². The van der Waals surface area contributed by atoms with Gasteiger partial charge in [0.05, 0.1) is 12.3 Å². The molecule has 0 aromatic heterocycles. The summed E-state index contributed by atoms with van der Waals surface area (Å²) in [6.07, 6.45) is 16.4. The molecular formula is C15H29NO. The third-order valence-electron chi connectivity index (χ3n) is 4.92. The average Bonchev–Trinajstić information content (AvgIpc) is 2.72. The van der Waals surface area contributed by atoms with Crippen LogP contribution in [0.15, 0.2) is 0 Å². The molecule has 2 aliphatic carbocycles. The van der Waals surface area contributed by atoms with Crippen LogP contribution in [0.3, 0.4) is 0 Å². The number of ether oxygens (including phenoxy) is 1. The smallest absolute Gasteiger partial charge is 0.0948 e. The molecule has 2 saturated carbocycles. The lowest BCUT2D eigenvalue weighted by Crippen LogP contribution is -2.42. The van der Waals surface area contributed by atoms with Gasteiger partial charge >= 0.3 is 0 Å². The number of hydrogen-bond acceptors (Lipinski definition) is 2. The van der Waals surface area contributed by atoms with Gasteiger partial charge in [-0.15, -0.1) is 0 Å². The van der Waals surface area contributed by atoms with Gasteiger partial charge in [0.15, 0.2) is 0 Å². The Balaban J connectivity index is 2.06. The molecule has 0 bridgehead atoms. The first kappa shape index (κ1) is 13.4. The third kappa shape index (κ3) is 3.45. The fourth-order valence-corrected chi connectivity index (χ4v) is 3.97. The molecule has 0 aromatic carbocycles. The van der Waals surface area contributed by atoms with Crippen LogP contribution in [-0.2, 0) is 4.74 Å². The lowest BCUT2D eigenvalue weighted by Gasteiger charge is -2.40. The molecule has 0 radical (unpaired) electrons. The van der Waals surface area contributed by atoms with E-state index in [9.17, 15) is 0 Å². The molecule has 2 nitrogen and oxygen atoms in total. The second-order valence-corrected chi connectivity index (χ2v) is 5.98. The summed E-state index contributed by atoms with van der Waals surface area (Å²) < 4.78 is 6.12. The monoisotopic (exact) mass is 239 g/mol. The SMILES string of the molecule is NCOC1(C2CCCCCC2)CCCCCC1. The van der Waals surface area contributed by atoms with E-state index in [-0.39, 0.29) is 5.60 Å². The summed E-state index contributed by atoms with van der Waals surface area (Å²) in [7, 11) is 0. The maximum atomic E-state index is 6.12. The van der Waals surface area contributed by atoms with E-state index in [0.717, 1.165) is 5.92 Å². The molecule has 2 fully saturated rings. The minimum Gasteiger partial charge on any atom is -0.360 e. The van der Waals surface area contributed by atoms with Crippen LogP contribution in [0.25, 0.3) is 0 Å². The van der Waals surface area contributed by atoms with Crippen molar-refractivity contribution >= 4 is 0 Å². The highest BCUT2D eigenvalue weighted by Gasteiger charge is 2.39. The number of hydrogen-bond donors (Lipinski definition) is 1. The largest absolute Gasteiger partial charge is 0.360 e. The first-order valence-electron chi connectivity index (χ1n) is 7.71. The lowest BCUT2D eigenvalue weighted by molar-refractivity contribution is -0.0993. The number of rotatable bonds is 3. The first-order chi connectivity index (χ1) is 8.37. The molecule has 0 spiro atoms. The molecule has 0 aromatic rings. The molecule has 100 valence electrons. The molecule has 0 atom stereocenters. The molecule has 2 rings (SSSR count). The van der Waals surface area contributed by atoms with E-state index in [2.05, 4.69) is 0 Å². The van der Waals surface area contributed by atoms with Gasteiger partial charge in [-0.25, -0.2) is 0 Å². The van der Waals surface area contributed by atoms with Crippen molar-refractivity contribution in [1.29, 1.82) is 0 Å². The molecule has 2 heteroatoms. The summed E-state index contributed by atoms with van der Waals surface area (Å²) in [5.41, 5.74) is 5.87. The first-order valence-corrected chi connectivity index (χ1v) is 7.71. The Labute approximate surface area is 106 Å². The molecule has 2 aliphatic rings. The van der Waals surface area contributed by atoms with Crippen LogP contribution >= 0.6 is 0 Å². The molecule has 0 heterocycles. The topological polar surface area (TPSA) is 35.2 Å². The summed E-state index contributed by atoms with van der Waals surface area (Å²) in [5.74, 6) is 0.784. The maximum absolute atomic E-state index is 6.12. The number of nitrogens with two attached hydrogens (primary N) is 1. The molecular weight excluding hydrogens is 210 g/mol. The van der Waals surface area contributed by atoms with E-state index >= 15 is 0 Å². The third-order valence-corrected chi connectivity index (χ3v) is 4.92. The van der Waals surface area contributed by atoms with Crippen molar-refractivity contribution in [2.75, 3.05) is 6.73 Å². The van der Waals surface area contributed by atoms with E-state index in [1.54, 1.807) is 0 Å². The van der Waals surface area contributed by atoms with Crippen molar-refractivity contribution in [3.05, 3.63) is 0 Å². The van der Waals surface area contributed by atoms with Crippen LogP contribution in [0.4, 0.5) is 0 Å². The Bertz CT molecular complexity index is 201. The Morgan fingerprint density at radius 3 is 1.88 bits per heavy atom. The lowest BCUT2D eigenvalue weighted by atomic mass is 9.77. The van der Waals surface area contributed by atoms with Crippen molar-refractivity contribution in [3.63, 3.8) is 0 Å². The Hall–Kier alpha value is -0.0800. The quantitative estimate of drug-likeness (QED) is 0.597. The Morgan fingerprint density at radius 1 is 0.824 bits per heavy atom. The molecule has 0 amide bonds. The minimum absolute atomic E-state index is 0.148. The van der Waals surface area contributed by atoms with Crippen LogP contribution in [0.5, 0.6) is 0 Å². The molecule has 0 saturated heterocycles. The van der Waals surface area contributed by atoms with Crippen LogP contribution in [0.1, 0.15) is 77.0 Å². The van der Waals surface area contributed by atoms with Crippen molar-refractivity contribution in [1.82, 2.24) is 0 Å². The van der Waals surface area contributed by atoms with Crippen molar-refractivity contribution in [3.8, 4) is 0 Å². The summed E-state index contributed by atoms with van der Waals surface area (Å²) >= 11 is 0. The van der Waals surface area contributed by atoms with E-state index < -0.39 is 0 Å². The van der Waals surface area contributed by atoms with Gasteiger partial charge in [-0.3, -0.25) is 0 Å². The van der Waals surface area contributed by atoms with Gasteiger partial charge in [0.1, 0.15) is 0 Å². The minimum atomic E-state index is 0.148. The van der Waals surface area contributed by atoms with E-state index in [0.29, 0.717) is 6.73 Å². The van der Waals surface area contributed by atoms with Gasteiger partial charge in [0.25, 0.3) is 0 Å². The zero-order valence-electron chi connectivity index (χ0n) is 11.3. The predicted molar refractivity (Wildman–Crippen MR) is 71.8 cm³/mol.